The minimum Gasteiger partial charge on any atom is -0.333 e. The second kappa shape index (κ2) is 27.4. The van der Waals surface area contributed by atoms with Gasteiger partial charge in [-0.05, 0) is 235 Å². The number of benzene rings is 16. The van der Waals surface area contributed by atoms with E-state index in [1.165, 1.54) is 21.9 Å². The van der Waals surface area contributed by atoms with Gasteiger partial charge in [0.25, 0.3) is 6.71 Å². The number of anilines is 11. The molecule has 560 valence electrons. The molecule has 3 unspecified atom stereocenters. The van der Waals surface area contributed by atoms with Crippen LogP contribution in [0.25, 0.3) is 99.5 Å². The predicted molar refractivity (Wildman–Crippen MR) is 496 cm³/mol. The van der Waals surface area contributed by atoms with Crippen LogP contribution in [0.3, 0.4) is 0 Å². The average molecular weight is 1510 g/mol. The maximum Gasteiger partial charge on any atom is 0.252 e. The lowest BCUT2D eigenvalue weighted by atomic mass is 9.33. The standard InChI is InChI=1S/C110H87BN6/c1-109(2,3)80-48-58-102-94(66-80)95-67-81(110(4,5)6)49-59-103(95)115(102)89-70-106-108-107(71-89)117(88-64-78(74-34-16-9-17-35-74)61-79(65-88)75-36-18-10-19-37-75)105-69-86(114-100-46-28-24-42-92(100)93-43-25-29-47-101(93)114)55-57-97(105)111(108)96-56-54-85(68-104(96)116(106)87-62-76(72-30-12-7-13-31-72)60-77(63-87)73-32-14-8-15-33-73)112(82-38-20-11-21-39-82)83-50-52-84(53-51-83)113-98-44-26-22-40-90(98)91-41-23-27-45-99(91)113/h7-66,68-71,81,95,103H,67H2,1-6H3/i24D,25D,28D,29D,42D,43D,46D,47D. The van der Waals surface area contributed by atoms with Crippen molar-refractivity contribution in [2.45, 2.75) is 65.3 Å². The Bertz CT molecular complexity index is 7240. The highest BCUT2D eigenvalue weighted by molar-refractivity contribution is 7.00. The summed E-state index contributed by atoms with van der Waals surface area (Å²) in [5.74, 6) is 0.403. The Labute approximate surface area is 696 Å². The molecular weight excluding hydrogens is 1420 g/mol. The zero-order valence-corrected chi connectivity index (χ0v) is 66.0. The largest absolute Gasteiger partial charge is 0.333 e. The maximum absolute atomic E-state index is 9.95. The van der Waals surface area contributed by atoms with Gasteiger partial charge < -0.3 is 28.7 Å². The Kier molecular flexibility index (Phi) is 14.4. The zero-order valence-electron chi connectivity index (χ0n) is 74.0. The third-order valence-corrected chi connectivity index (χ3v) is 25.0. The zero-order chi connectivity index (χ0) is 85.3. The van der Waals surface area contributed by atoms with Gasteiger partial charge >= 0.3 is 0 Å². The van der Waals surface area contributed by atoms with Crippen LogP contribution in [-0.4, -0.2) is 21.9 Å². The summed E-state index contributed by atoms with van der Waals surface area (Å²) >= 11 is 0. The summed E-state index contributed by atoms with van der Waals surface area (Å²) in [4.78, 5) is 9.98. The summed E-state index contributed by atoms with van der Waals surface area (Å²) in [5, 5.41) is 2.39. The Morgan fingerprint density at radius 3 is 1.28 bits per heavy atom. The number of aromatic nitrogens is 2. The summed E-state index contributed by atoms with van der Waals surface area (Å²) in [6, 6.07) is 115. The van der Waals surface area contributed by atoms with E-state index in [2.05, 4.69) is 387 Å². The molecule has 0 saturated carbocycles. The molecule has 0 saturated heterocycles. The van der Waals surface area contributed by atoms with Crippen molar-refractivity contribution < 1.29 is 11.0 Å². The average Bonchev–Trinajstić information content (AvgIpc) is 1.60. The highest BCUT2D eigenvalue weighted by atomic mass is 15.2. The Morgan fingerprint density at radius 1 is 0.333 bits per heavy atom. The first-order valence-electron chi connectivity index (χ1n) is 44.8. The second-order valence-electron chi connectivity index (χ2n) is 33.9. The fraction of sp³-hybridized carbons (Fsp3) is 0.109. The van der Waals surface area contributed by atoms with Crippen molar-refractivity contribution in [1.29, 1.82) is 0 Å². The van der Waals surface area contributed by atoms with Crippen molar-refractivity contribution in [2.24, 2.45) is 11.3 Å². The number of hydrogen-bond acceptors (Lipinski definition) is 4. The summed E-state index contributed by atoms with van der Waals surface area (Å²) in [6.07, 6.45) is 5.93. The number of allylic oxidation sites excluding steroid dienone is 1. The molecule has 6 nitrogen and oxygen atoms in total. The van der Waals surface area contributed by atoms with Crippen LogP contribution in [0.1, 0.15) is 76.0 Å². The van der Waals surface area contributed by atoms with Crippen LogP contribution in [0.4, 0.5) is 62.6 Å². The quantitative estimate of drug-likeness (QED) is 0.0898. The highest BCUT2D eigenvalue weighted by Gasteiger charge is 2.48. The van der Waals surface area contributed by atoms with Crippen LogP contribution in [0, 0.1) is 11.3 Å². The molecule has 4 aliphatic rings. The Hall–Kier alpha value is -13.9. The topological polar surface area (TPSA) is 22.8 Å². The van der Waals surface area contributed by atoms with E-state index in [1.807, 2.05) is 18.2 Å². The van der Waals surface area contributed by atoms with Crippen LogP contribution in [-0.2, 0) is 5.41 Å². The van der Waals surface area contributed by atoms with Crippen molar-refractivity contribution in [2.75, 3.05) is 19.6 Å². The molecule has 7 heteroatoms. The van der Waals surface area contributed by atoms with Crippen molar-refractivity contribution in [3.63, 3.8) is 0 Å². The SMILES string of the molecule is [2H]c1c([2H])c([2H])c2c(c1[2H])c1c([2H])c([2H])c([2H])c([2H])c1n2-c1ccc2c(c1)N(c1cc(-c3ccccc3)cc(-c3ccccc3)c1)c1cc(N3c4ccc(C(C)(C)C)cc4C4CC(C(C)(C)C)C=CC43)cc3c1B2c1ccc(N(c2ccccc2)c2ccc(-n4c5ccccc5c5ccccc54)cc2)cc1N3c1cc(-c2ccccc2)cc(-c2ccccc2)c1. The molecule has 2 aromatic heterocycles. The molecule has 5 heterocycles. The normalized spacial score (nSPS) is 16.3. The summed E-state index contributed by atoms with van der Waals surface area (Å²) in [6.45, 7) is 13.5. The van der Waals surface area contributed by atoms with E-state index >= 15 is 0 Å². The molecule has 3 aliphatic heterocycles. The molecule has 1 aliphatic carbocycles. The number of rotatable bonds is 12. The molecule has 0 bridgehead atoms. The molecular formula is C110H87BN6. The van der Waals surface area contributed by atoms with E-state index < -0.39 is 43.0 Å². The van der Waals surface area contributed by atoms with Gasteiger partial charge in [-0.2, -0.15) is 0 Å². The van der Waals surface area contributed by atoms with E-state index in [-0.39, 0.29) is 62.6 Å². The van der Waals surface area contributed by atoms with Gasteiger partial charge in [0.05, 0.1) is 39.1 Å². The van der Waals surface area contributed by atoms with Crippen molar-refractivity contribution in [1.82, 2.24) is 9.13 Å². The molecule has 0 N–H and O–H groups in total. The maximum atomic E-state index is 9.95. The number of fused-ring (bicyclic) bond motifs is 13. The molecule has 16 aromatic carbocycles. The lowest BCUT2D eigenvalue weighted by molar-refractivity contribution is 0.251. The number of hydrogen-bond donors (Lipinski definition) is 0. The van der Waals surface area contributed by atoms with E-state index in [0.717, 1.165) is 147 Å². The Balaban J connectivity index is 0.882. The van der Waals surface area contributed by atoms with Gasteiger partial charge in [0, 0.05) is 101 Å². The van der Waals surface area contributed by atoms with Gasteiger partial charge in [0.15, 0.2) is 0 Å². The third-order valence-electron chi connectivity index (χ3n) is 25.0. The van der Waals surface area contributed by atoms with Crippen LogP contribution in [0.15, 0.2) is 388 Å². The summed E-state index contributed by atoms with van der Waals surface area (Å²) in [5.41, 5.74) is 27.6. The van der Waals surface area contributed by atoms with Gasteiger partial charge in [0.2, 0.25) is 0 Å². The van der Waals surface area contributed by atoms with Crippen LogP contribution in [0.5, 0.6) is 0 Å². The van der Waals surface area contributed by atoms with Gasteiger partial charge in [-0.15, -0.1) is 0 Å². The molecule has 0 fully saturated rings. The molecule has 22 rings (SSSR count). The van der Waals surface area contributed by atoms with Crippen LogP contribution in [0.2, 0.25) is 0 Å². The van der Waals surface area contributed by atoms with Crippen LogP contribution >= 0.6 is 0 Å². The monoisotopic (exact) mass is 1510 g/mol. The second-order valence-corrected chi connectivity index (χ2v) is 33.9. The van der Waals surface area contributed by atoms with Gasteiger partial charge in [-0.1, -0.05) is 290 Å². The molecule has 18 aromatic rings. The van der Waals surface area contributed by atoms with E-state index in [0.29, 0.717) is 5.69 Å². The van der Waals surface area contributed by atoms with Crippen LogP contribution < -0.4 is 36.0 Å². The molecule has 0 radical (unpaired) electrons. The van der Waals surface area contributed by atoms with Crippen molar-refractivity contribution in [3.8, 4) is 55.9 Å². The van der Waals surface area contributed by atoms with Crippen molar-refractivity contribution >= 4 is 129 Å². The molecule has 3 atom stereocenters. The van der Waals surface area contributed by atoms with E-state index in [9.17, 15) is 8.22 Å². The first-order chi connectivity index (χ1) is 60.6. The first kappa shape index (κ1) is 61.6. The minimum atomic E-state index is -0.537. The predicted octanol–water partition coefficient (Wildman–Crippen LogP) is 27.6. The Morgan fingerprint density at radius 2 is 0.769 bits per heavy atom. The lowest BCUT2D eigenvalue weighted by Crippen LogP contribution is -2.61. The smallest absolute Gasteiger partial charge is 0.252 e. The fourth-order valence-corrected chi connectivity index (χ4v) is 19.4. The third kappa shape index (κ3) is 11.7. The molecule has 0 amide bonds. The van der Waals surface area contributed by atoms with E-state index in [1.54, 1.807) is 4.57 Å². The van der Waals surface area contributed by atoms with Crippen molar-refractivity contribution in [3.05, 3.63) is 399 Å². The van der Waals surface area contributed by atoms with Gasteiger partial charge in [-0.3, -0.25) is 0 Å². The lowest BCUT2D eigenvalue weighted by Gasteiger charge is -2.46. The molecule has 117 heavy (non-hydrogen) atoms. The van der Waals surface area contributed by atoms with E-state index in [4.69, 9.17) is 2.74 Å². The van der Waals surface area contributed by atoms with Gasteiger partial charge in [0.1, 0.15) is 0 Å². The summed E-state index contributed by atoms with van der Waals surface area (Å²) in [7, 11) is 0. The summed E-state index contributed by atoms with van der Waals surface area (Å²) < 4.78 is 80.4. The minimum absolute atomic E-state index is 0.00663. The number of para-hydroxylation sites is 5. The first-order valence-corrected chi connectivity index (χ1v) is 40.8. The highest BCUT2D eigenvalue weighted by Crippen LogP contribution is 2.57. The fourth-order valence-electron chi connectivity index (χ4n) is 19.4. The molecule has 0 spiro atoms. The van der Waals surface area contributed by atoms with Gasteiger partial charge in [-0.25, -0.2) is 0 Å². The number of nitrogens with zero attached hydrogens (tertiary/aromatic N) is 6.